The second kappa shape index (κ2) is 5.04. The summed E-state index contributed by atoms with van der Waals surface area (Å²) < 4.78 is 6.37. The van der Waals surface area contributed by atoms with E-state index < -0.39 is 0 Å². The molecule has 3 aromatic rings. The molecule has 0 N–H and O–H groups in total. The molecule has 2 aliphatic rings. The number of benzene rings is 3. The molecule has 2 aliphatic heterocycles. The summed E-state index contributed by atoms with van der Waals surface area (Å²) in [6.45, 7) is 11.6. The molecule has 0 radical (unpaired) electrons. The van der Waals surface area contributed by atoms with Crippen molar-refractivity contribution in [1.82, 2.24) is 0 Å². The van der Waals surface area contributed by atoms with Crippen molar-refractivity contribution < 1.29 is 4.74 Å². The van der Waals surface area contributed by atoms with Crippen LogP contribution in [0.25, 0.3) is 0 Å². The minimum Gasteiger partial charge on any atom is -0.458 e. The Bertz CT molecular complexity index is 1080. The Hall–Kier alpha value is -2.48. The summed E-state index contributed by atoms with van der Waals surface area (Å²) in [6, 6.07) is 17.9. The van der Waals surface area contributed by atoms with E-state index in [4.69, 9.17) is 4.74 Å². The fourth-order valence-electron chi connectivity index (χ4n) is 5.10. The molecule has 2 heterocycles. The van der Waals surface area contributed by atoms with Gasteiger partial charge in [0.1, 0.15) is 11.5 Å². The zero-order valence-corrected chi connectivity index (χ0v) is 16.1. The highest BCUT2D eigenvalue weighted by Crippen LogP contribution is 2.40. The van der Waals surface area contributed by atoms with E-state index in [9.17, 15) is 0 Å². The first-order chi connectivity index (χ1) is 12.4. The van der Waals surface area contributed by atoms with Crippen molar-refractivity contribution in [3.63, 3.8) is 0 Å². The Kier molecular flexibility index (Phi) is 3.05. The molecule has 0 atom stereocenters. The van der Waals surface area contributed by atoms with Crippen molar-refractivity contribution in [1.29, 1.82) is 0 Å². The molecular weight excluding hydrogens is 315 g/mol. The normalized spacial score (nSPS) is 15.7. The van der Waals surface area contributed by atoms with Crippen molar-refractivity contribution in [2.75, 3.05) is 0 Å². The van der Waals surface area contributed by atoms with Gasteiger partial charge < -0.3 is 4.74 Å². The third kappa shape index (κ3) is 1.93. The molecule has 0 unspecified atom stereocenters. The molecular formula is C24H23BO. The van der Waals surface area contributed by atoms with Gasteiger partial charge in [-0.15, -0.1) is 0 Å². The molecule has 1 nitrogen and oxygen atoms in total. The van der Waals surface area contributed by atoms with Gasteiger partial charge in [0.15, 0.2) is 0 Å². The zero-order valence-electron chi connectivity index (χ0n) is 16.1. The van der Waals surface area contributed by atoms with Gasteiger partial charge in [-0.2, -0.15) is 0 Å². The number of rotatable bonds is 0. The third-order valence-corrected chi connectivity index (χ3v) is 6.22. The van der Waals surface area contributed by atoms with E-state index in [-0.39, 0.29) is 12.1 Å². The maximum Gasteiger partial charge on any atom is 0.251 e. The number of fused-ring (bicyclic) bond motifs is 4. The Morgan fingerprint density at radius 1 is 0.769 bits per heavy atom. The minimum absolute atomic E-state index is 0.0298. The van der Waals surface area contributed by atoms with Crippen molar-refractivity contribution in [3.05, 3.63) is 76.3 Å². The van der Waals surface area contributed by atoms with Gasteiger partial charge in [-0.25, -0.2) is 0 Å². The summed E-state index contributed by atoms with van der Waals surface area (Å²) >= 11 is 0. The lowest BCUT2D eigenvalue weighted by atomic mass is 9.30. The zero-order chi connectivity index (χ0) is 18.2. The molecule has 2 heteroatoms. The van der Waals surface area contributed by atoms with Gasteiger partial charge in [-0.05, 0) is 60.5 Å². The molecule has 5 rings (SSSR count). The van der Waals surface area contributed by atoms with Crippen molar-refractivity contribution in [3.8, 4) is 11.5 Å². The van der Waals surface area contributed by atoms with E-state index in [1.807, 2.05) is 0 Å². The Morgan fingerprint density at radius 3 is 2.27 bits per heavy atom. The van der Waals surface area contributed by atoms with Crippen LogP contribution in [-0.4, -0.2) is 6.71 Å². The van der Waals surface area contributed by atoms with Gasteiger partial charge >= 0.3 is 0 Å². The Morgan fingerprint density at radius 2 is 1.46 bits per heavy atom. The van der Waals surface area contributed by atoms with Gasteiger partial charge in [0.25, 0.3) is 6.71 Å². The molecule has 3 aromatic carbocycles. The monoisotopic (exact) mass is 338 g/mol. The van der Waals surface area contributed by atoms with Crippen molar-refractivity contribution >= 4 is 23.1 Å². The van der Waals surface area contributed by atoms with Gasteiger partial charge in [0, 0.05) is 5.41 Å². The van der Waals surface area contributed by atoms with Crippen LogP contribution in [0.3, 0.4) is 0 Å². The summed E-state index contributed by atoms with van der Waals surface area (Å²) in [5.74, 6) is 2.01. The second-order valence-electron chi connectivity index (χ2n) is 8.46. The minimum atomic E-state index is -0.0298. The molecule has 0 bridgehead atoms. The quantitative estimate of drug-likeness (QED) is 0.442. The number of hydrogen-bond donors (Lipinski definition) is 0. The third-order valence-electron chi connectivity index (χ3n) is 6.22. The van der Waals surface area contributed by atoms with Crippen LogP contribution in [0.2, 0.25) is 0 Å². The fourth-order valence-corrected chi connectivity index (χ4v) is 5.10. The largest absolute Gasteiger partial charge is 0.458 e. The molecule has 0 saturated carbocycles. The van der Waals surface area contributed by atoms with E-state index in [0.717, 1.165) is 11.5 Å². The highest BCUT2D eigenvalue weighted by molar-refractivity contribution is 6.98. The van der Waals surface area contributed by atoms with Crippen LogP contribution in [0, 0.1) is 20.8 Å². The molecule has 0 aliphatic carbocycles. The topological polar surface area (TPSA) is 9.23 Å². The van der Waals surface area contributed by atoms with E-state index >= 15 is 0 Å². The SMILES string of the molecule is Cc1ccc2c(c1)B1c3ccc(C)cc3C(C)(C)c3c(C)ccc(c31)O2. The van der Waals surface area contributed by atoms with Crippen molar-refractivity contribution in [2.45, 2.75) is 40.0 Å². The highest BCUT2D eigenvalue weighted by Gasteiger charge is 2.45. The number of ether oxygens (including phenoxy) is 1. The van der Waals surface area contributed by atoms with Crippen LogP contribution >= 0.6 is 0 Å². The van der Waals surface area contributed by atoms with E-state index in [1.165, 1.54) is 44.2 Å². The maximum absolute atomic E-state index is 6.37. The van der Waals surface area contributed by atoms with E-state index in [2.05, 4.69) is 83.1 Å². The van der Waals surface area contributed by atoms with Crippen LogP contribution < -0.4 is 21.1 Å². The molecule has 0 aromatic heterocycles. The summed E-state index contributed by atoms with van der Waals surface area (Å²) in [7, 11) is 0. The second-order valence-corrected chi connectivity index (χ2v) is 8.46. The van der Waals surface area contributed by atoms with Crippen LogP contribution in [-0.2, 0) is 5.41 Å². The highest BCUT2D eigenvalue weighted by atomic mass is 16.5. The van der Waals surface area contributed by atoms with Crippen molar-refractivity contribution in [2.24, 2.45) is 0 Å². The lowest BCUT2D eigenvalue weighted by molar-refractivity contribution is 0.484. The molecule has 0 spiro atoms. The summed E-state index contributed by atoms with van der Waals surface area (Å²) in [4.78, 5) is 0. The smallest absolute Gasteiger partial charge is 0.251 e. The van der Waals surface area contributed by atoms with E-state index in [0.29, 0.717) is 0 Å². The average molecular weight is 338 g/mol. The van der Waals surface area contributed by atoms with Crippen LogP contribution in [0.1, 0.15) is 41.7 Å². The summed E-state index contributed by atoms with van der Waals surface area (Å²) in [6.07, 6.45) is 0. The van der Waals surface area contributed by atoms with Crippen LogP contribution in [0.5, 0.6) is 11.5 Å². The summed E-state index contributed by atoms with van der Waals surface area (Å²) in [5, 5.41) is 0. The predicted octanol–water partition coefficient (Wildman–Crippen LogP) is 3.87. The first kappa shape index (κ1) is 15.8. The van der Waals surface area contributed by atoms with Crippen LogP contribution in [0.15, 0.2) is 48.5 Å². The van der Waals surface area contributed by atoms with Gasteiger partial charge in [-0.1, -0.05) is 66.8 Å². The average Bonchev–Trinajstić information content (AvgIpc) is 2.59. The molecule has 0 saturated heterocycles. The lowest BCUT2D eigenvalue weighted by Crippen LogP contribution is -2.62. The fraction of sp³-hybridized carbons (Fsp3) is 0.250. The standard InChI is InChI=1S/C24H23BO/c1-14-6-9-18-17(12-14)24(4,5)22-16(3)8-11-21-23(22)25(18)19-13-15(2)7-10-20(19)26-21/h6-13H,1-5H3. The Balaban J connectivity index is 1.93. The molecule has 0 fully saturated rings. The van der Waals surface area contributed by atoms with Crippen LogP contribution in [0.4, 0.5) is 0 Å². The first-order valence-electron chi connectivity index (χ1n) is 9.41. The lowest BCUT2D eigenvalue weighted by Gasteiger charge is -2.42. The maximum atomic E-state index is 6.37. The Labute approximate surface area is 156 Å². The molecule has 0 amide bonds. The predicted molar refractivity (Wildman–Crippen MR) is 110 cm³/mol. The van der Waals surface area contributed by atoms with E-state index in [1.54, 1.807) is 0 Å². The van der Waals surface area contributed by atoms with Gasteiger partial charge in [0.2, 0.25) is 0 Å². The first-order valence-corrected chi connectivity index (χ1v) is 9.41. The number of aryl methyl sites for hydroxylation is 3. The van der Waals surface area contributed by atoms with Gasteiger partial charge in [0.05, 0.1) is 0 Å². The number of hydrogen-bond acceptors (Lipinski definition) is 1. The summed E-state index contributed by atoms with van der Waals surface area (Å²) in [5.41, 5.74) is 10.9. The van der Waals surface area contributed by atoms with Gasteiger partial charge in [-0.3, -0.25) is 0 Å². The molecule has 128 valence electrons. The molecule has 26 heavy (non-hydrogen) atoms.